The Kier molecular flexibility index (Phi) is 10.2. The van der Waals surface area contributed by atoms with E-state index in [0.717, 1.165) is 99.9 Å². The molecule has 0 unspecified atom stereocenters. The van der Waals surface area contributed by atoms with Gasteiger partial charge in [-0.1, -0.05) is 261 Å². The van der Waals surface area contributed by atoms with E-state index in [0.29, 0.717) is 0 Å². The summed E-state index contributed by atoms with van der Waals surface area (Å²) in [6.45, 7) is 0. The molecule has 1 aliphatic heterocycles. The molecule has 14 aromatic carbocycles. The van der Waals surface area contributed by atoms with Gasteiger partial charge in [0.05, 0.1) is 10.8 Å². The highest BCUT2D eigenvalue weighted by atomic mass is 16.5. The lowest BCUT2D eigenvalue weighted by atomic mass is 9.65. The Hall–Kier alpha value is -11.0. The minimum absolute atomic E-state index is 0.567. The van der Waals surface area contributed by atoms with Crippen molar-refractivity contribution in [1.82, 2.24) is 0 Å². The molecule has 0 saturated heterocycles. The first-order valence-electron chi connectivity index (χ1n) is 29.4. The van der Waals surface area contributed by atoms with Crippen LogP contribution in [0.3, 0.4) is 0 Å². The van der Waals surface area contributed by atoms with Gasteiger partial charge in [-0.25, -0.2) is 0 Å². The summed E-state index contributed by atoms with van der Waals surface area (Å²) in [6, 6.07) is 114. The predicted octanol–water partition coefficient (Wildman–Crippen LogP) is 21.5. The highest BCUT2D eigenvalue weighted by Gasteiger charge is 2.53. The van der Waals surface area contributed by atoms with Gasteiger partial charge in [0.2, 0.25) is 0 Å². The van der Waals surface area contributed by atoms with Crippen molar-refractivity contribution in [2.45, 2.75) is 10.8 Å². The Balaban J connectivity index is 0.829. The van der Waals surface area contributed by atoms with Gasteiger partial charge in [-0.3, -0.25) is 0 Å². The van der Waals surface area contributed by atoms with Crippen molar-refractivity contribution < 1.29 is 9.15 Å². The molecule has 0 fully saturated rings. The monoisotopic (exact) mass is 1080 g/mol. The van der Waals surface area contributed by atoms with Gasteiger partial charge in [0.25, 0.3) is 0 Å². The van der Waals surface area contributed by atoms with Gasteiger partial charge in [0, 0.05) is 49.7 Å². The average Bonchev–Trinajstić information content (AvgIpc) is 1.73. The summed E-state index contributed by atoms with van der Waals surface area (Å²) in [7, 11) is 0. The number of fused-ring (bicyclic) bond motifs is 19. The molecular weight excluding hydrogens is 1030 g/mol. The predicted molar refractivity (Wildman–Crippen MR) is 349 cm³/mol. The van der Waals surface area contributed by atoms with Crippen molar-refractivity contribution in [1.29, 1.82) is 0 Å². The van der Waals surface area contributed by atoms with E-state index < -0.39 is 10.8 Å². The summed E-state index contributed by atoms with van der Waals surface area (Å²) in [5, 5.41) is 6.77. The fourth-order valence-electron chi connectivity index (χ4n) is 15.3. The number of furan rings is 1. The van der Waals surface area contributed by atoms with Gasteiger partial charge < -0.3 is 14.1 Å². The van der Waals surface area contributed by atoms with E-state index in [-0.39, 0.29) is 0 Å². The first kappa shape index (κ1) is 47.6. The molecule has 3 nitrogen and oxygen atoms in total. The van der Waals surface area contributed by atoms with Gasteiger partial charge in [0.1, 0.15) is 22.7 Å². The maximum atomic E-state index is 7.29. The van der Waals surface area contributed by atoms with Gasteiger partial charge in [-0.2, -0.15) is 0 Å². The summed E-state index contributed by atoms with van der Waals surface area (Å²) in [6.07, 6.45) is 0. The fraction of sp³-hybridized carbons (Fsp3) is 0.0244. The third kappa shape index (κ3) is 6.66. The van der Waals surface area contributed by atoms with Crippen molar-refractivity contribution in [3.63, 3.8) is 0 Å². The number of rotatable bonds is 7. The van der Waals surface area contributed by atoms with Crippen molar-refractivity contribution >= 4 is 60.5 Å². The van der Waals surface area contributed by atoms with Gasteiger partial charge >= 0.3 is 0 Å². The molecular formula is C82H51NO2. The van der Waals surface area contributed by atoms with E-state index in [4.69, 9.17) is 9.15 Å². The fourth-order valence-corrected chi connectivity index (χ4v) is 15.3. The van der Waals surface area contributed by atoms with Crippen molar-refractivity contribution in [3.8, 4) is 56.0 Å². The molecule has 0 radical (unpaired) electrons. The molecule has 3 aliphatic rings. The van der Waals surface area contributed by atoms with Gasteiger partial charge in [-0.15, -0.1) is 0 Å². The minimum Gasteiger partial charge on any atom is -0.456 e. The van der Waals surface area contributed by atoms with Gasteiger partial charge in [0.15, 0.2) is 0 Å². The Morgan fingerprint density at radius 1 is 0.271 bits per heavy atom. The highest BCUT2D eigenvalue weighted by molar-refractivity contribution is 6.12. The second kappa shape index (κ2) is 18.2. The van der Waals surface area contributed by atoms with Crippen LogP contribution in [0.25, 0.3) is 88.0 Å². The summed E-state index contributed by atoms with van der Waals surface area (Å²) in [4.78, 5) is 2.44. The number of hydrogen-bond donors (Lipinski definition) is 0. The van der Waals surface area contributed by atoms with E-state index in [1.165, 1.54) is 61.2 Å². The average molecular weight is 1080 g/mol. The molecule has 0 amide bonds. The van der Waals surface area contributed by atoms with Crippen LogP contribution in [0.5, 0.6) is 11.5 Å². The smallest absolute Gasteiger partial charge is 0.140 e. The van der Waals surface area contributed by atoms with Crippen LogP contribution in [0.1, 0.15) is 44.5 Å². The molecule has 15 aromatic rings. The molecule has 0 saturated carbocycles. The SMILES string of the molecule is c1ccc(C2(c3ccccc3)c3ccccc3-c3ccc(N(c4ccc(-c5cccc6c5-c5ccccc5C65c6ccc7ccccc7c6Oc6c5ccc5ccccc65)cc4)c4ccc(-c5cccc6oc7ccccc7c56)cc4)cc32)cc1. The zero-order valence-corrected chi connectivity index (χ0v) is 46.2. The molecule has 0 bridgehead atoms. The summed E-state index contributed by atoms with van der Waals surface area (Å²) < 4.78 is 13.7. The van der Waals surface area contributed by atoms with Crippen molar-refractivity contribution in [2.24, 2.45) is 0 Å². The van der Waals surface area contributed by atoms with Crippen LogP contribution in [-0.4, -0.2) is 0 Å². The molecule has 2 aliphatic carbocycles. The van der Waals surface area contributed by atoms with Crippen molar-refractivity contribution in [3.05, 3.63) is 354 Å². The number of nitrogens with zero attached hydrogens (tertiary/aromatic N) is 1. The summed E-state index contributed by atoms with van der Waals surface area (Å²) in [5.41, 5.74) is 23.1. The van der Waals surface area contributed by atoms with E-state index >= 15 is 0 Å². The second-order valence-corrected chi connectivity index (χ2v) is 22.9. The molecule has 0 atom stereocenters. The topological polar surface area (TPSA) is 25.6 Å². The number of ether oxygens (including phenoxy) is 1. The Morgan fingerprint density at radius 2 is 0.741 bits per heavy atom. The lowest BCUT2D eigenvalue weighted by Gasteiger charge is -2.40. The van der Waals surface area contributed by atoms with Crippen LogP contribution >= 0.6 is 0 Å². The molecule has 1 aromatic heterocycles. The number of hydrogen-bond acceptors (Lipinski definition) is 3. The molecule has 396 valence electrons. The molecule has 2 heterocycles. The first-order chi connectivity index (χ1) is 42.2. The zero-order chi connectivity index (χ0) is 55.8. The quantitative estimate of drug-likeness (QED) is 0.159. The third-order valence-electron chi connectivity index (χ3n) is 18.8. The summed E-state index contributed by atoms with van der Waals surface area (Å²) >= 11 is 0. The highest BCUT2D eigenvalue weighted by Crippen LogP contribution is 2.65. The Bertz CT molecular complexity index is 5090. The molecule has 3 heteroatoms. The minimum atomic E-state index is -0.653. The first-order valence-corrected chi connectivity index (χ1v) is 29.4. The second-order valence-electron chi connectivity index (χ2n) is 22.9. The van der Waals surface area contributed by atoms with Crippen LogP contribution in [0, 0.1) is 0 Å². The maximum absolute atomic E-state index is 7.29. The number of para-hydroxylation sites is 1. The van der Waals surface area contributed by atoms with E-state index in [1.807, 2.05) is 6.07 Å². The largest absolute Gasteiger partial charge is 0.456 e. The van der Waals surface area contributed by atoms with E-state index in [9.17, 15) is 0 Å². The Labute approximate surface area is 492 Å². The molecule has 0 N–H and O–H groups in total. The zero-order valence-electron chi connectivity index (χ0n) is 46.2. The normalized spacial score (nSPS) is 13.7. The van der Waals surface area contributed by atoms with E-state index in [2.05, 4.69) is 308 Å². The maximum Gasteiger partial charge on any atom is 0.140 e. The van der Waals surface area contributed by atoms with E-state index in [1.54, 1.807) is 0 Å². The van der Waals surface area contributed by atoms with Crippen molar-refractivity contribution in [2.75, 3.05) is 4.90 Å². The third-order valence-corrected chi connectivity index (χ3v) is 18.8. The van der Waals surface area contributed by atoms with Crippen LogP contribution in [0.4, 0.5) is 17.1 Å². The van der Waals surface area contributed by atoms with Crippen LogP contribution in [-0.2, 0) is 10.8 Å². The molecule has 18 rings (SSSR count). The van der Waals surface area contributed by atoms with Crippen LogP contribution in [0.15, 0.2) is 314 Å². The lowest BCUT2D eigenvalue weighted by Crippen LogP contribution is -2.32. The molecule has 1 spiro atoms. The molecule has 85 heavy (non-hydrogen) atoms. The number of benzene rings is 14. The Morgan fingerprint density at radius 3 is 1.40 bits per heavy atom. The number of anilines is 3. The van der Waals surface area contributed by atoms with Crippen LogP contribution < -0.4 is 9.64 Å². The standard InChI is InChI=1S/C82H51NO2/c1-3-21-56(22-4-1)81(57-23-5-2-6-24-57)69-32-14-11-27-65(69)66-48-47-60(51-74(66)81)83(59-45-39-55(40-46-59)62-31-18-36-76-78(62)68-29-13-16-35-75(68)84-76)58-43-37-54(38-44-58)61-30-17-34-71-77(61)67-28-12-15-33-70(67)82(71)72-49-41-52-19-7-9-25-63(52)79(72)85-80-64-26-10-8-20-53(64)42-50-73(80)82/h1-51H. The van der Waals surface area contributed by atoms with Gasteiger partial charge in [-0.05, 0) is 137 Å². The lowest BCUT2D eigenvalue weighted by molar-refractivity contribution is 0.447. The summed E-state index contributed by atoms with van der Waals surface area (Å²) in [5.74, 6) is 1.83. The van der Waals surface area contributed by atoms with Crippen LogP contribution in [0.2, 0.25) is 0 Å².